The fraction of sp³-hybridized carbons (Fsp3) is 0.579. The van der Waals surface area contributed by atoms with Gasteiger partial charge in [0, 0.05) is 53.4 Å². The summed E-state index contributed by atoms with van der Waals surface area (Å²) in [5.74, 6) is -0.0406. The second kappa shape index (κ2) is 16.8. The first-order valence-corrected chi connectivity index (χ1v) is 17.0. The fourth-order valence-corrected chi connectivity index (χ4v) is 6.43. The van der Waals surface area contributed by atoms with Gasteiger partial charge in [0.05, 0.1) is 13.6 Å². The summed E-state index contributed by atoms with van der Waals surface area (Å²) in [5, 5.41) is 1.36. The molecule has 1 aliphatic rings. The second-order valence-electron chi connectivity index (χ2n) is 13.2. The van der Waals surface area contributed by atoms with Crippen LogP contribution in [0.2, 0.25) is 0 Å². The Bertz CT molecular complexity index is 1320. The van der Waals surface area contributed by atoms with E-state index in [0.29, 0.717) is 13.2 Å². The first kappa shape index (κ1) is 33.0. The van der Waals surface area contributed by atoms with Crippen LogP contribution in [0.15, 0.2) is 48.7 Å². The van der Waals surface area contributed by atoms with Crippen molar-refractivity contribution in [1.29, 1.82) is 0 Å². The van der Waals surface area contributed by atoms with E-state index in [4.69, 9.17) is 4.74 Å². The lowest BCUT2D eigenvalue weighted by atomic mass is 10.0. The standard InChI is InChI=1S/C38H56N3O2/c1-5-6-7-8-9-10-11-12-13-14-15-16-17-18-38(42)43-30-41(4)26-24-37-35(29-41)34-27-31(2)19-22-36(34)40(37)25-23-33-21-20-32(3)39-28-33/h10-11,19-22,27-28H,5-9,12-18,23-26,29-30H2,1-4H3/q+1/b11-10-. The zero-order valence-electron chi connectivity index (χ0n) is 27.5. The molecule has 43 heavy (non-hydrogen) atoms. The molecule has 3 heterocycles. The number of pyridine rings is 1. The number of aryl methyl sites for hydroxylation is 4. The molecule has 0 spiro atoms. The number of rotatable bonds is 18. The Labute approximate surface area is 260 Å². The van der Waals surface area contributed by atoms with Crippen molar-refractivity contribution in [2.45, 2.75) is 124 Å². The summed E-state index contributed by atoms with van der Waals surface area (Å²) in [6.07, 6.45) is 22.8. The van der Waals surface area contributed by atoms with E-state index >= 15 is 0 Å². The van der Waals surface area contributed by atoms with Crippen molar-refractivity contribution in [2.75, 3.05) is 20.3 Å². The number of unbranched alkanes of at least 4 members (excludes halogenated alkanes) is 9. The van der Waals surface area contributed by atoms with E-state index in [-0.39, 0.29) is 5.97 Å². The third-order valence-corrected chi connectivity index (χ3v) is 9.15. The van der Waals surface area contributed by atoms with Crippen molar-refractivity contribution in [3.05, 3.63) is 76.8 Å². The molecule has 1 unspecified atom stereocenters. The van der Waals surface area contributed by atoms with Gasteiger partial charge in [-0.1, -0.05) is 75.3 Å². The molecule has 5 nitrogen and oxygen atoms in total. The average Bonchev–Trinajstić information content (AvgIpc) is 3.29. The van der Waals surface area contributed by atoms with Crippen LogP contribution in [0.4, 0.5) is 0 Å². The highest BCUT2D eigenvalue weighted by Crippen LogP contribution is 2.34. The highest BCUT2D eigenvalue weighted by molar-refractivity contribution is 5.86. The van der Waals surface area contributed by atoms with Gasteiger partial charge in [-0.2, -0.15) is 0 Å². The number of fused-ring (bicyclic) bond motifs is 3. The predicted octanol–water partition coefficient (Wildman–Crippen LogP) is 9.16. The maximum atomic E-state index is 12.6. The molecule has 0 saturated heterocycles. The number of carbonyl (C=O) groups excluding carboxylic acids is 1. The first-order chi connectivity index (χ1) is 20.9. The zero-order chi connectivity index (χ0) is 30.5. The summed E-state index contributed by atoms with van der Waals surface area (Å²) in [6.45, 7) is 9.76. The molecule has 0 radical (unpaired) electrons. The van der Waals surface area contributed by atoms with E-state index in [1.54, 1.807) is 0 Å². The minimum Gasteiger partial charge on any atom is -0.415 e. The van der Waals surface area contributed by atoms with Gasteiger partial charge in [0.1, 0.15) is 6.54 Å². The lowest BCUT2D eigenvalue weighted by molar-refractivity contribution is -0.940. The molecule has 1 aliphatic heterocycles. The fourth-order valence-electron chi connectivity index (χ4n) is 6.43. The van der Waals surface area contributed by atoms with Gasteiger partial charge in [0.15, 0.2) is 0 Å². The molecule has 3 aromatic rings. The number of carbonyl (C=O) groups is 1. The number of hydrogen-bond donors (Lipinski definition) is 0. The molecule has 4 rings (SSSR count). The first-order valence-electron chi connectivity index (χ1n) is 17.0. The summed E-state index contributed by atoms with van der Waals surface area (Å²) in [5.41, 5.74) is 7.82. The largest absolute Gasteiger partial charge is 0.415 e. The number of quaternary nitrogens is 1. The maximum absolute atomic E-state index is 12.6. The Morgan fingerprint density at radius 3 is 2.47 bits per heavy atom. The van der Waals surface area contributed by atoms with Gasteiger partial charge < -0.3 is 9.30 Å². The Morgan fingerprint density at radius 2 is 1.72 bits per heavy atom. The highest BCUT2D eigenvalue weighted by Gasteiger charge is 2.34. The van der Waals surface area contributed by atoms with Gasteiger partial charge >= 0.3 is 5.97 Å². The van der Waals surface area contributed by atoms with Crippen LogP contribution in [-0.4, -0.2) is 40.3 Å². The number of hydrogen-bond acceptors (Lipinski definition) is 3. The maximum Gasteiger partial charge on any atom is 0.310 e. The van der Waals surface area contributed by atoms with Gasteiger partial charge in [0.2, 0.25) is 6.73 Å². The third kappa shape index (κ3) is 10.1. The van der Waals surface area contributed by atoms with Crippen molar-refractivity contribution in [3.63, 3.8) is 0 Å². The van der Waals surface area contributed by atoms with Gasteiger partial charge in [-0.15, -0.1) is 0 Å². The molecule has 234 valence electrons. The molecule has 0 fully saturated rings. The number of esters is 1. The van der Waals surface area contributed by atoms with Crippen molar-refractivity contribution >= 4 is 16.9 Å². The number of allylic oxidation sites excluding steroid dienone is 2. The number of likely N-dealkylation sites (N-methyl/N-ethyl adjacent to an activating group) is 1. The number of benzene rings is 1. The summed E-state index contributed by atoms with van der Waals surface area (Å²) in [7, 11) is 2.24. The SMILES string of the molecule is CCCCCC/C=C\CCCCCCCC(=O)OC[N+]1(C)CCc2c(c3cc(C)ccc3n2CCc2ccc(C)nc2)C1. The quantitative estimate of drug-likeness (QED) is 0.0646. The van der Waals surface area contributed by atoms with E-state index in [2.05, 4.69) is 72.9 Å². The molecule has 5 heteroatoms. The van der Waals surface area contributed by atoms with Crippen LogP contribution in [0.5, 0.6) is 0 Å². The Hall–Kier alpha value is -2.92. The Kier molecular flexibility index (Phi) is 12.9. The van der Waals surface area contributed by atoms with E-state index in [1.165, 1.54) is 91.1 Å². The number of aromatic nitrogens is 2. The molecule has 0 aliphatic carbocycles. The second-order valence-corrected chi connectivity index (χ2v) is 13.2. The monoisotopic (exact) mass is 586 g/mol. The van der Waals surface area contributed by atoms with E-state index in [0.717, 1.165) is 55.5 Å². The van der Waals surface area contributed by atoms with Gasteiger partial charge in [0.25, 0.3) is 0 Å². The lowest BCUT2D eigenvalue weighted by Gasteiger charge is -2.37. The van der Waals surface area contributed by atoms with Crippen LogP contribution in [0, 0.1) is 13.8 Å². The summed E-state index contributed by atoms with van der Waals surface area (Å²) >= 11 is 0. The van der Waals surface area contributed by atoms with E-state index in [1.807, 2.05) is 13.1 Å². The topological polar surface area (TPSA) is 44.1 Å². The normalized spacial score (nSPS) is 16.7. The molecule has 2 aromatic heterocycles. The van der Waals surface area contributed by atoms with Gasteiger partial charge in [-0.05, 0) is 76.1 Å². The van der Waals surface area contributed by atoms with Crippen LogP contribution >= 0.6 is 0 Å². The highest BCUT2D eigenvalue weighted by atomic mass is 16.5. The molecule has 0 N–H and O–H groups in total. The van der Waals surface area contributed by atoms with E-state index < -0.39 is 0 Å². The molecular formula is C38H56N3O2+. The van der Waals surface area contributed by atoms with Crippen LogP contribution in [-0.2, 0) is 35.5 Å². The van der Waals surface area contributed by atoms with Crippen molar-refractivity contribution < 1.29 is 14.0 Å². The van der Waals surface area contributed by atoms with Crippen LogP contribution < -0.4 is 0 Å². The lowest BCUT2D eigenvalue weighted by Crippen LogP contribution is -2.49. The van der Waals surface area contributed by atoms with Crippen molar-refractivity contribution in [3.8, 4) is 0 Å². The van der Waals surface area contributed by atoms with Crippen molar-refractivity contribution in [1.82, 2.24) is 9.55 Å². The van der Waals surface area contributed by atoms with Crippen LogP contribution in [0.25, 0.3) is 10.9 Å². The van der Waals surface area contributed by atoms with Gasteiger partial charge in [-0.25, -0.2) is 0 Å². The zero-order valence-corrected chi connectivity index (χ0v) is 27.5. The third-order valence-electron chi connectivity index (χ3n) is 9.15. The summed E-state index contributed by atoms with van der Waals surface area (Å²) < 4.78 is 9.16. The molecule has 0 amide bonds. The Morgan fingerprint density at radius 1 is 0.977 bits per heavy atom. The Balaban J connectivity index is 1.21. The molecule has 1 aromatic carbocycles. The van der Waals surface area contributed by atoms with E-state index in [9.17, 15) is 4.79 Å². The van der Waals surface area contributed by atoms with Gasteiger partial charge in [-0.3, -0.25) is 14.3 Å². The average molecular weight is 587 g/mol. The van der Waals surface area contributed by atoms with Crippen molar-refractivity contribution in [2.24, 2.45) is 0 Å². The summed E-state index contributed by atoms with van der Waals surface area (Å²) in [4.78, 5) is 17.1. The predicted molar refractivity (Wildman–Crippen MR) is 179 cm³/mol. The molecule has 0 bridgehead atoms. The van der Waals surface area contributed by atoms with Crippen LogP contribution in [0.1, 0.15) is 112 Å². The summed E-state index contributed by atoms with van der Waals surface area (Å²) in [6, 6.07) is 11.1. The number of ether oxygens (including phenoxy) is 1. The minimum atomic E-state index is -0.0406. The number of nitrogens with zero attached hydrogens (tertiary/aromatic N) is 3. The molecular weight excluding hydrogens is 530 g/mol. The minimum absolute atomic E-state index is 0.0406. The molecule has 0 saturated carbocycles. The van der Waals surface area contributed by atoms with Crippen LogP contribution in [0.3, 0.4) is 0 Å². The molecule has 1 atom stereocenters. The smallest absolute Gasteiger partial charge is 0.310 e.